The number of para-hydroxylation sites is 1. The van der Waals surface area contributed by atoms with Crippen LogP contribution in [0.2, 0.25) is 0 Å². The molecule has 1 aromatic heterocycles. The predicted molar refractivity (Wildman–Crippen MR) is 98.6 cm³/mol. The number of carbonyl (C=O) groups is 1. The average molecular weight is 353 g/mol. The van der Waals surface area contributed by atoms with Crippen LogP contribution in [-0.2, 0) is 0 Å². The summed E-state index contributed by atoms with van der Waals surface area (Å²) in [7, 11) is 0. The van der Waals surface area contributed by atoms with Crippen molar-refractivity contribution in [2.75, 3.05) is 6.61 Å². The van der Waals surface area contributed by atoms with Crippen molar-refractivity contribution in [2.24, 2.45) is 0 Å². The first-order valence-corrected chi connectivity index (χ1v) is 8.96. The summed E-state index contributed by atoms with van der Waals surface area (Å²) in [5, 5.41) is 8.55. The van der Waals surface area contributed by atoms with E-state index in [0.29, 0.717) is 17.3 Å². The highest BCUT2D eigenvalue weighted by Crippen LogP contribution is 2.26. The van der Waals surface area contributed by atoms with E-state index < -0.39 is 0 Å². The maximum absolute atomic E-state index is 12.7. The molecule has 0 aliphatic heterocycles. The van der Waals surface area contributed by atoms with E-state index in [0.717, 1.165) is 11.4 Å². The topological polar surface area (TPSA) is 57.0 Å². The fourth-order valence-electron chi connectivity index (χ4n) is 2.40. The Morgan fingerprint density at radius 3 is 2.56 bits per heavy atom. The van der Waals surface area contributed by atoms with Gasteiger partial charge in [0.1, 0.15) is 12.1 Å². The minimum Gasteiger partial charge on any atom is -0.494 e. The molecule has 3 aromatic rings. The van der Waals surface area contributed by atoms with Gasteiger partial charge in [-0.25, -0.2) is 0 Å². The summed E-state index contributed by atoms with van der Waals surface area (Å²) in [4.78, 5) is 12.7. The molecule has 2 aromatic carbocycles. The maximum atomic E-state index is 12.7. The standard InChI is InChI=1S/C19H19N3O2S/c1-3-24-17-11-9-15(10-12-17)18(23)14(2)25-19-21-20-13-22(19)16-7-5-4-6-8-16/h4-14H,3H2,1-2H3/t14-/m0/s1. The Kier molecular flexibility index (Phi) is 5.50. The first kappa shape index (κ1) is 17.2. The van der Waals surface area contributed by atoms with Crippen molar-refractivity contribution in [3.63, 3.8) is 0 Å². The summed E-state index contributed by atoms with van der Waals surface area (Å²) in [5.74, 6) is 0.818. The number of rotatable bonds is 7. The lowest BCUT2D eigenvalue weighted by molar-refractivity contribution is 0.0994. The van der Waals surface area contributed by atoms with Crippen LogP contribution in [0.4, 0.5) is 0 Å². The Balaban J connectivity index is 1.73. The van der Waals surface area contributed by atoms with Gasteiger partial charge in [0, 0.05) is 11.3 Å². The van der Waals surface area contributed by atoms with Gasteiger partial charge in [-0.05, 0) is 50.2 Å². The van der Waals surface area contributed by atoms with Gasteiger partial charge in [0.05, 0.1) is 11.9 Å². The van der Waals surface area contributed by atoms with Crippen LogP contribution in [-0.4, -0.2) is 32.4 Å². The van der Waals surface area contributed by atoms with Crippen LogP contribution in [0.1, 0.15) is 24.2 Å². The molecule has 0 unspecified atom stereocenters. The SMILES string of the molecule is CCOc1ccc(C(=O)[C@H](C)Sc2nncn2-c2ccccc2)cc1. The third kappa shape index (κ3) is 4.09. The summed E-state index contributed by atoms with van der Waals surface area (Å²) in [6, 6.07) is 17.1. The van der Waals surface area contributed by atoms with Crippen LogP contribution in [0, 0.1) is 0 Å². The highest BCUT2D eigenvalue weighted by molar-refractivity contribution is 8.00. The number of Topliss-reactive ketones (excluding diaryl/α,β-unsaturated/α-hetero) is 1. The van der Waals surface area contributed by atoms with Crippen molar-refractivity contribution >= 4 is 17.5 Å². The van der Waals surface area contributed by atoms with Gasteiger partial charge >= 0.3 is 0 Å². The first-order valence-electron chi connectivity index (χ1n) is 8.08. The Bertz CT molecular complexity index is 831. The van der Waals surface area contributed by atoms with E-state index in [9.17, 15) is 4.79 Å². The number of nitrogens with zero attached hydrogens (tertiary/aromatic N) is 3. The molecule has 25 heavy (non-hydrogen) atoms. The number of aromatic nitrogens is 3. The van der Waals surface area contributed by atoms with Crippen molar-refractivity contribution in [3.05, 3.63) is 66.5 Å². The molecule has 0 aliphatic carbocycles. The highest BCUT2D eigenvalue weighted by Gasteiger charge is 2.20. The number of hydrogen-bond acceptors (Lipinski definition) is 5. The third-order valence-corrected chi connectivity index (χ3v) is 4.71. The highest BCUT2D eigenvalue weighted by atomic mass is 32.2. The first-order chi connectivity index (χ1) is 12.2. The lowest BCUT2D eigenvalue weighted by atomic mass is 10.1. The van der Waals surface area contributed by atoms with Gasteiger partial charge < -0.3 is 4.74 Å². The average Bonchev–Trinajstić information content (AvgIpc) is 3.11. The zero-order valence-electron chi connectivity index (χ0n) is 14.1. The third-order valence-electron chi connectivity index (χ3n) is 3.65. The molecule has 0 bridgehead atoms. The van der Waals surface area contributed by atoms with Gasteiger partial charge in [-0.3, -0.25) is 9.36 Å². The van der Waals surface area contributed by atoms with Gasteiger partial charge in [0.15, 0.2) is 10.9 Å². The van der Waals surface area contributed by atoms with Gasteiger partial charge in [0.2, 0.25) is 0 Å². The van der Waals surface area contributed by atoms with Crippen molar-refractivity contribution in [3.8, 4) is 11.4 Å². The minimum absolute atomic E-state index is 0.0515. The summed E-state index contributed by atoms with van der Waals surface area (Å²) in [5.41, 5.74) is 1.63. The van der Waals surface area contributed by atoms with Crippen LogP contribution in [0.5, 0.6) is 5.75 Å². The van der Waals surface area contributed by atoms with E-state index >= 15 is 0 Å². The molecule has 0 N–H and O–H groups in total. The molecule has 0 spiro atoms. The lowest BCUT2D eigenvalue weighted by Gasteiger charge is -2.11. The second kappa shape index (κ2) is 7.98. The minimum atomic E-state index is -0.274. The molecule has 0 amide bonds. The molecule has 6 heteroatoms. The summed E-state index contributed by atoms with van der Waals surface area (Å²) in [6.07, 6.45) is 1.66. The molecule has 0 radical (unpaired) electrons. The number of benzene rings is 2. The summed E-state index contributed by atoms with van der Waals surface area (Å²) >= 11 is 1.40. The zero-order valence-corrected chi connectivity index (χ0v) is 14.9. The molecule has 1 heterocycles. The van der Waals surface area contributed by atoms with Gasteiger partial charge in [-0.2, -0.15) is 0 Å². The second-order valence-corrected chi connectivity index (χ2v) is 6.71. The Morgan fingerprint density at radius 1 is 1.16 bits per heavy atom. The molecule has 0 saturated heterocycles. The van der Waals surface area contributed by atoms with Crippen LogP contribution in [0.15, 0.2) is 66.1 Å². The Morgan fingerprint density at radius 2 is 1.88 bits per heavy atom. The summed E-state index contributed by atoms with van der Waals surface area (Å²) in [6.45, 7) is 4.42. The molecular weight excluding hydrogens is 334 g/mol. The molecule has 128 valence electrons. The van der Waals surface area contributed by atoms with Crippen molar-refractivity contribution < 1.29 is 9.53 Å². The van der Waals surface area contributed by atoms with Crippen LogP contribution in [0.3, 0.4) is 0 Å². The van der Waals surface area contributed by atoms with E-state index in [1.54, 1.807) is 18.5 Å². The van der Waals surface area contributed by atoms with Crippen LogP contribution < -0.4 is 4.74 Å². The van der Waals surface area contributed by atoms with Crippen molar-refractivity contribution in [1.82, 2.24) is 14.8 Å². The van der Waals surface area contributed by atoms with E-state index in [1.807, 2.05) is 60.9 Å². The molecule has 3 rings (SSSR count). The monoisotopic (exact) mass is 353 g/mol. The summed E-state index contributed by atoms with van der Waals surface area (Å²) < 4.78 is 7.29. The normalized spacial score (nSPS) is 11.9. The van der Waals surface area contributed by atoms with Crippen LogP contribution >= 0.6 is 11.8 Å². The maximum Gasteiger partial charge on any atom is 0.196 e. The zero-order chi connectivity index (χ0) is 17.6. The number of carbonyl (C=O) groups excluding carboxylic acids is 1. The van der Waals surface area contributed by atoms with Gasteiger partial charge in [-0.1, -0.05) is 30.0 Å². The molecule has 5 nitrogen and oxygen atoms in total. The van der Waals surface area contributed by atoms with E-state index in [2.05, 4.69) is 10.2 Å². The number of ether oxygens (including phenoxy) is 1. The Labute approximate surface area is 151 Å². The number of hydrogen-bond donors (Lipinski definition) is 0. The molecular formula is C19H19N3O2S. The smallest absolute Gasteiger partial charge is 0.196 e. The van der Waals surface area contributed by atoms with E-state index in [-0.39, 0.29) is 11.0 Å². The van der Waals surface area contributed by atoms with Gasteiger partial charge in [0.25, 0.3) is 0 Å². The second-order valence-electron chi connectivity index (χ2n) is 5.40. The fraction of sp³-hybridized carbons (Fsp3) is 0.211. The quantitative estimate of drug-likeness (QED) is 0.474. The molecule has 0 aliphatic rings. The number of ketones is 1. The van der Waals surface area contributed by atoms with E-state index in [4.69, 9.17) is 4.74 Å². The number of thioether (sulfide) groups is 1. The van der Waals surface area contributed by atoms with Crippen molar-refractivity contribution in [2.45, 2.75) is 24.3 Å². The largest absolute Gasteiger partial charge is 0.494 e. The van der Waals surface area contributed by atoms with E-state index in [1.165, 1.54) is 11.8 Å². The van der Waals surface area contributed by atoms with Gasteiger partial charge in [-0.15, -0.1) is 10.2 Å². The molecule has 1 atom stereocenters. The van der Waals surface area contributed by atoms with Crippen molar-refractivity contribution in [1.29, 1.82) is 0 Å². The van der Waals surface area contributed by atoms with Crippen LogP contribution in [0.25, 0.3) is 5.69 Å². The predicted octanol–water partition coefficient (Wildman–Crippen LogP) is 4.03. The Hall–Kier alpha value is -2.60. The lowest BCUT2D eigenvalue weighted by Crippen LogP contribution is -2.14. The molecule has 0 saturated carbocycles. The fourth-order valence-corrected chi connectivity index (χ4v) is 3.32. The molecule has 0 fully saturated rings.